The number of hydrogen-bond donors (Lipinski definition) is 2. The summed E-state index contributed by atoms with van der Waals surface area (Å²) in [6.45, 7) is 0. The molecule has 1 nitrogen and oxygen atoms in total. The van der Waals surface area contributed by atoms with E-state index in [0.29, 0.717) is 11.3 Å². The quantitative estimate of drug-likeness (QED) is 0.744. The Hall–Kier alpha value is -1.03. The second-order valence-electron chi connectivity index (χ2n) is 2.75. The number of phenols is 1. The van der Waals surface area contributed by atoms with Crippen LogP contribution in [-0.2, 0) is 0 Å². The topological polar surface area (TPSA) is 20.2 Å². The lowest BCUT2D eigenvalue weighted by Crippen LogP contribution is -1.86. The second-order valence-corrected chi connectivity index (χ2v) is 3.20. The second kappa shape index (κ2) is 5.00. The Balaban J connectivity index is 2.89. The third-order valence-corrected chi connectivity index (χ3v) is 1.90. The molecule has 0 aliphatic carbocycles. The van der Waals surface area contributed by atoms with Crippen LogP contribution in [-0.4, -0.2) is 10.9 Å². The van der Waals surface area contributed by atoms with E-state index < -0.39 is 17.4 Å². The third-order valence-electron chi connectivity index (χ3n) is 1.64. The Kier molecular flexibility index (Phi) is 3.95. The van der Waals surface area contributed by atoms with Crippen molar-refractivity contribution in [3.63, 3.8) is 0 Å². The molecule has 4 heteroatoms. The van der Waals surface area contributed by atoms with E-state index in [-0.39, 0.29) is 0 Å². The molecule has 0 unspecified atom stereocenters. The zero-order chi connectivity index (χ0) is 10.6. The van der Waals surface area contributed by atoms with Crippen LogP contribution >= 0.6 is 12.6 Å². The van der Waals surface area contributed by atoms with Crippen LogP contribution in [0.5, 0.6) is 5.75 Å². The average Bonchev–Trinajstić information content (AvgIpc) is 2.14. The van der Waals surface area contributed by atoms with Crippen LogP contribution in [0.1, 0.15) is 12.0 Å². The molecule has 0 aromatic heterocycles. The number of allylic oxidation sites excluding steroid dienone is 1. The fourth-order valence-corrected chi connectivity index (χ4v) is 1.13. The van der Waals surface area contributed by atoms with Crippen LogP contribution in [0.3, 0.4) is 0 Å². The first-order chi connectivity index (χ1) is 6.65. The summed E-state index contributed by atoms with van der Waals surface area (Å²) < 4.78 is 25.4. The lowest BCUT2D eigenvalue weighted by molar-refractivity contribution is 0.407. The summed E-state index contributed by atoms with van der Waals surface area (Å²) in [6, 6.07) is 2.21. The molecule has 0 atom stereocenters. The number of aromatic hydroxyl groups is 1. The van der Waals surface area contributed by atoms with Crippen LogP contribution < -0.4 is 0 Å². The SMILES string of the molecule is Oc1cc(C=CCCS)cc(F)c1F. The van der Waals surface area contributed by atoms with Crippen molar-refractivity contribution in [1.29, 1.82) is 0 Å². The zero-order valence-corrected chi connectivity index (χ0v) is 8.27. The normalized spacial score (nSPS) is 11.1. The molecule has 1 rings (SSSR count). The minimum atomic E-state index is -1.21. The van der Waals surface area contributed by atoms with Crippen LogP contribution in [0.2, 0.25) is 0 Å². The van der Waals surface area contributed by atoms with Crippen molar-refractivity contribution in [2.45, 2.75) is 6.42 Å². The highest BCUT2D eigenvalue weighted by molar-refractivity contribution is 7.80. The van der Waals surface area contributed by atoms with Crippen LogP contribution in [0.25, 0.3) is 6.08 Å². The molecule has 1 aromatic carbocycles. The molecular weight excluding hydrogens is 206 g/mol. The van der Waals surface area contributed by atoms with Crippen molar-refractivity contribution in [3.8, 4) is 5.75 Å². The van der Waals surface area contributed by atoms with Crippen LogP contribution in [0.15, 0.2) is 18.2 Å². The van der Waals surface area contributed by atoms with Gasteiger partial charge >= 0.3 is 0 Å². The Morgan fingerprint density at radius 3 is 2.64 bits per heavy atom. The Labute approximate surface area is 86.5 Å². The lowest BCUT2D eigenvalue weighted by Gasteiger charge is -1.99. The standard InChI is InChI=1S/C10H10F2OS/c11-8-5-7(3-1-2-4-14)6-9(13)10(8)12/h1,3,5-6,13-14H,2,4H2. The molecule has 76 valence electrons. The highest BCUT2D eigenvalue weighted by Crippen LogP contribution is 2.21. The lowest BCUT2D eigenvalue weighted by atomic mass is 10.2. The number of halogens is 2. The van der Waals surface area contributed by atoms with Gasteiger partial charge in [0.2, 0.25) is 0 Å². The average molecular weight is 216 g/mol. The molecule has 1 N–H and O–H groups in total. The molecule has 0 fully saturated rings. The summed E-state index contributed by atoms with van der Waals surface area (Å²) in [6.07, 6.45) is 4.13. The van der Waals surface area contributed by atoms with Gasteiger partial charge in [0.25, 0.3) is 0 Å². The van der Waals surface area contributed by atoms with E-state index in [2.05, 4.69) is 12.6 Å². The fraction of sp³-hybridized carbons (Fsp3) is 0.200. The molecule has 0 saturated carbocycles. The van der Waals surface area contributed by atoms with Crippen molar-refractivity contribution in [2.75, 3.05) is 5.75 Å². The van der Waals surface area contributed by atoms with E-state index >= 15 is 0 Å². The number of benzene rings is 1. The molecule has 0 aliphatic rings. The predicted molar refractivity (Wildman–Crippen MR) is 55.5 cm³/mol. The number of hydrogen-bond acceptors (Lipinski definition) is 2. The van der Waals surface area contributed by atoms with E-state index in [0.717, 1.165) is 12.5 Å². The van der Waals surface area contributed by atoms with Crippen molar-refractivity contribution in [2.24, 2.45) is 0 Å². The number of rotatable bonds is 3. The van der Waals surface area contributed by atoms with Crippen LogP contribution in [0.4, 0.5) is 8.78 Å². The number of phenolic OH excluding ortho intramolecular Hbond substituents is 1. The maximum absolute atomic E-state index is 12.8. The van der Waals surface area contributed by atoms with Gasteiger partial charge in [-0.05, 0) is 29.9 Å². The summed E-state index contributed by atoms with van der Waals surface area (Å²) in [4.78, 5) is 0. The molecule has 0 saturated heterocycles. The molecule has 0 spiro atoms. The molecule has 1 aromatic rings. The Morgan fingerprint density at radius 1 is 1.36 bits per heavy atom. The third kappa shape index (κ3) is 2.73. The Bertz CT molecular complexity index is 327. The first kappa shape index (κ1) is 11.0. The van der Waals surface area contributed by atoms with Gasteiger partial charge < -0.3 is 5.11 Å². The highest BCUT2D eigenvalue weighted by Gasteiger charge is 2.07. The summed E-state index contributed by atoms with van der Waals surface area (Å²) in [7, 11) is 0. The van der Waals surface area contributed by atoms with Gasteiger partial charge in [-0.25, -0.2) is 4.39 Å². The molecular formula is C10H10F2OS. The van der Waals surface area contributed by atoms with E-state index in [1.54, 1.807) is 12.2 Å². The predicted octanol–water partition coefficient (Wildman–Crippen LogP) is 3.00. The summed E-state index contributed by atoms with van der Waals surface area (Å²) >= 11 is 3.99. The number of thiol groups is 1. The van der Waals surface area contributed by atoms with E-state index in [1.807, 2.05) is 0 Å². The monoisotopic (exact) mass is 216 g/mol. The Morgan fingerprint density at radius 2 is 2.07 bits per heavy atom. The van der Waals surface area contributed by atoms with Crippen molar-refractivity contribution in [1.82, 2.24) is 0 Å². The first-order valence-corrected chi connectivity index (χ1v) is 4.74. The molecule has 0 radical (unpaired) electrons. The van der Waals surface area contributed by atoms with Crippen molar-refractivity contribution >= 4 is 18.7 Å². The summed E-state index contributed by atoms with van der Waals surface area (Å²) in [5.74, 6) is -2.24. The first-order valence-electron chi connectivity index (χ1n) is 4.10. The van der Waals surface area contributed by atoms with E-state index in [1.165, 1.54) is 6.07 Å². The minimum absolute atomic E-state index is 0.434. The van der Waals surface area contributed by atoms with E-state index in [9.17, 15) is 8.78 Å². The van der Waals surface area contributed by atoms with Gasteiger partial charge in [0.05, 0.1) is 0 Å². The largest absolute Gasteiger partial charge is 0.505 e. The minimum Gasteiger partial charge on any atom is -0.505 e. The van der Waals surface area contributed by atoms with Gasteiger partial charge in [-0.1, -0.05) is 12.2 Å². The molecule has 14 heavy (non-hydrogen) atoms. The van der Waals surface area contributed by atoms with Gasteiger partial charge in [0, 0.05) is 0 Å². The van der Waals surface area contributed by atoms with Gasteiger partial charge in [-0.3, -0.25) is 0 Å². The fourth-order valence-electron chi connectivity index (χ4n) is 0.985. The van der Waals surface area contributed by atoms with Crippen LogP contribution in [0, 0.1) is 11.6 Å². The van der Waals surface area contributed by atoms with E-state index in [4.69, 9.17) is 5.11 Å². The maximum atomic E-state index is 12.8. The highest BCUT2D eigenvalue weighted by atomic mass is 32.1. The smallest absolute Gasteiger partial charge is 0.200 e. The van der Waals surface area contributed by atoms with Gasteiger partial charge in [-0.15, -0.1) is 0 Å². The molecule has 0 aliphatic heterocycles. The van der Waals surface area contributed by atoms with Gasteiger partial charge in [0.1, 0.15) is 0 Å². The molecule has 0 bridgehead atoms. The van der Waals surface area contributed by atoms with Gasteiger partial charge in [0.15, 0.2) is 17.4 Å². The molecule has 0 heterocycles. The maximum Gasteiger partial charge on any atom is 0.200 e. The summed E-state index contributed by atoms with van der Waals surface area (Å²) in [5.41, 5.74) is 0.434. The van der Waals surface area contributed by atoms with Gasteiger partial charge in [-0.2, -0.15) is 17.0 Å². The molecule has 0 amide bonds. The summed E-state index contributed by atoms with van der Waals surface area (Å²) in [5, 5.41) is 8.97. The zero-order valence-electron chi connectivity index (χ0n) is 7.37. The van der Waals surface area contributed by atoms with Crippen molar-refractivity contribution in [3.05, 3.63) is 35.4 Å². The van der Waals surface area contributed by atoms with Crippen molar-refractivity contribution < 1.29 is 13.9 Å².